The van der Waals surface area contributed by atoms with E-state index < -0.39 is 0 Å². The molecular weight excluding hydrogens is 450 g/mol. The normalized spacial score (nSPS) is 17.0. The minimum Gasteiger partial charge on any atom is -0.378 e. The van der Waals surface area contributed by atoms with E-state index in [1.807, 2.05) is 41.6 Å². The highest BCUT2D eigenvalue weighted by Crippen LogP contribution is 2.32. The van der Waals surface area contributed by atoms with Crippen molar-refractivity contribution in [2.24, 2.45) is 0 Å². The van der Waals surface area contributed by atoms with Crippen LogP contribution in [0.5, 0.6) is 0 Å². The summed E-state index contributed by atoms with van der Waals surface area (Å²) in [4.78, 5) is 27.5. The van der Waals surface area contributed by atoms with Gasteiger partial charge in [0.2, 0.25) is 0 Å². The number of nitrogens with zero attached hydrogens (tertiary/aromatic N) is 4. The third-order valence-corrected chi connectivity index (χ3v) is 7.34. The quantitative estimate of drug-likeness (QED) is 0.475. The summed E-state index contributed by atoms with van der Waals surface area (Å²) in [5, 5.41) is 1.07. The van der Waals surface area contributed by atoms with Crippen molar-refractivity contribution in [1.29, 1.82) is 0 Å². The molecule has 2 fully saturated rings. The number of benzene rings is 2. The fourth-order valence-corrected chi connectivity index (χ4v) is 5.07. The molecule has 0 radical (unpaired) electrons. The van der Waals surface area contributed by atoms with Gasteiger partial charge in [0.05, 0.1) is 13.2 Å². The van der Waals surface area contributed by atoms with Gasteiger partial charge in [0.15, 0.2) is 0 Å². The highest BCUT2D eigenvalue weighted by Gasteiger charge is 2.19. The van der Waals surface area contributed by atoms with Crippen molar-refractivity contribution < 1.29 is 9.53 Å². The molecule has 0 unspecified atom stereocenters. The smallest absolute Gasteiger partial charge is 0.254 e. The Labute approximate surface area is 211 Å². The van der Waals surface area contributed by atoms with Crippen molar-refractivity contribution in [2.75, 3.05) is 64.4 Å². The summed E-state index contributed by atoms with van der Waals surface area (Å²) in [5.41, 5.74) is 7.22. The summed E-state index contributed by atoms with van der Waals surface area (Å²) in [7, 11) is 2.18. The van der Waals surface area contributed by atoms with Gasteiger partial charge in [-0.15, -0.1) is 0 Å². The predicted octanol–water partition coefficient (Wildman–Crippen LogP) is 4.12. The second-order valence-electron chi connectivity index (χ2n) is 9.64. The highest BCUT2D eigenvalue weighted by molar-refractivity contribution is 5.98. The van der Waals surface area contributed by atoms with Gasteiger partial charge in [0, 0.05) is 79.4 Å². The number of fused-ring (bicyclic) bond motifs is 1. The summed E-state index contributed by atoms with van der Waals surface area (Å²) >= 11 is 0. The molecule has 2 aliphatic rings. The van der Waals surface area contributed by atoms with E-state index in [-0.39, 0.29) is 5.91 Å². The molecule has 4 heterocycles. The van der Waals surface area contributed by atoms with E-state index in [1.54, 1.807) is 0 Å². The predicted molar refractivity (Wildman–Crippen MR) is 143 cm³/mol. The zero-order valence-corrected chi connectivity index (χ0v) is 20.6. The Kier molecular flexibility index (Phi) is 6.17. The molecule has 4 aromatic rings. The van der Waals surface area contributed by atoms with Crippen LogP contribution in [0.1, 0.15) is 10.4 Å². The average Bonchev–Trinajstić information content (AvgIpc) is 3.37. The Hall–Kier alpha value is -3.68. The summed E-state index contributed by atoms with van der Waals surface area (Å²) in [6, 6.07) is 18.9. The van der Waals surface area contributed by atoms with Crippen molar-refractivity contribution in [3.8, 4) is 22.3 Å². The summed E-state index contributed by atoms with van der Waals surface area (Å²) in [6.07, 6.45) is 3.92. The molecule has 0 saturated carbocycles. The third kappa shape index (κ3) is 4.47. The van der Waals surface area contributed by atoms with Crippen molar-refractivity contribution in [3.63, 3.8) is 0 Å². The summed E-state index contributed by atoms with van der Waals surface area (Å²) in [6.45, 7) is 6.82. The second-order valence-corrected chi connectivity index (χ2v) is 9.64. The van der Waals surface area contributed by atoms with E-state index in [1.165, 1.54) is 5.69 Å². The number of hydrogen-bond donors (Lipinski definition) is 1. The summed E-state index contributed by atoms with van der Waals surface area (Å²) < 4.78 is 5.37. The summed E-state index contributed by atoms with van der Waals surface area (Å²) in [5.74, 6) is 0.0627. The van der Waals surface area contributed by atoms with Gasteiger partial charge in [0.1, 0.15) is 5.65 Å². The maximum Gasteiger partial charge on any atom is 0.254 e. The van der Waals surface area contributed by atoms with Crippen molar-refractivity contribution in [3.05, 3.63) is 72.6 Å². The van der Waals surface area contributed by atoms with Gasteiger partial charge in [-0.05, 0) is 48.5 Å². The molecule has 2 aromatic heterocycles. The SMILES string of the molecule is CN1CCN(c2ccc(-c3cnc4[nH]cc(-c5ccc(C(=O)N6CCOCC6)cc5)c4c3)cc2)CC1. The van der Waals surface area contributed by atoms with Crippen LogP contribution in [0.25, 0.3) is 33.3 Å². The molecule has 7 heteroatoms. The van der Waals surface area contributed by atoms with Gasteiger partial charge in [0.25, 0.3) is 5.91 Å². The van der Waals surface area contributed by atoms with Crippen molar-refractivity contribution in [1.82, 2.24) is 19.8 Å². The number of nitrogens with one attached hydrogen (secondary N) is 1. The van der Waals surface area contributed by atoms with Gasteiger partial charge >= 0.3 is 0 Å². The number of likely N-dealkylation sites (N-methyl/N-ethyl adjacent to an activating group) is 1. The Morgan fingerprint density at radius 2 is 1.56 bits per heavy atom. The van der Waals surface area contributed by atoms with E-state index in [0.717, 1.165) is 59.5 Å². The Morgan fingerprint density at radius 3 is 2.28 bits per heavy atom. The van der Waals surface area contributed by atoms with Gasteiger partial charge in [-0.2, -0.15) is 0 Å². The number of carbonyl (C=O) groups is 1. The molecule has 1 N–H and O–H groups in total. The lowest BCUT2D eigenvalue weighted by molar-refractivity contribution is 0.0303. The van der Waals surface area contributed by atoms with E-state index in [4.69, 9.17) is 4.74 Å². The monoisotopic (exact) mass is 481 g/mol. The lowest BCUT2D eigenvalue weighted by Crippen LogP contribution is -2.44. The van der Waals surface area contributed by atoms with Crippen LogP contribution in [0.3, 0.4) is 0 Å². The lowest BCUT2D eigenvalue weighted by Gasteiger charge is -2.34. The number of piperazine rings is 1. The fourth-order valence-electron chi connectivity index (χ4n) is 5.07. The first-order chi connectivity index (χ1) is 17.7. The number of carbonyl (C=O) groups excluding carboxylic acids is 1. The minimum absolute atomic E-state index is 0.0627. The second kappa shape index (κ2) is 9.76. The molecule has 2 aromatic carbocycles. The van der Waals surface area contributed by atoms with Crippen LogP contribution in [0.2, 0.25) is 0 Å². The number of ether oxygens (including phenoxy) is 1. The molecule has 0 atom stereocenters. The molecule has 7 nitrogen and oxygen atoms in total. The average molecular weight is 482 g/mol. The number of aromatic nitrogens is 2. The van der Waals surface area contributed by atoms with Crippen LogP contribution in [-0.2, 0) is 4.74 Å². The molecule has 2 aliphatic heterocycles. The van der Waals surface area contributed by atoms with Crippen LogP contribution in [0, 0.1) is 0 Å². The lowest BCUT2D eigenvalue weighted by atomic mass is 10.0. The molecule has 0 bridgehead atoms. The van der Waals surface area contributed by atoms with Crippen molar-refractivity contribution >= 4 is 22.6 Å². The zero-order valence-electron chi connectivity index (χ0n) is 20.6. The van der Waals surface area contributed by atoms with Crippen LogP contribution in [-0.4, -0.2) is 85.2 Å². The topological polar surface area (TPSA) is 64.7 Å². The number of aromatic amines is 1. The Morgan fingerprint density at radius 1 is 0.861 bits per heavy atom. The number of anilines is 1. The van der Waals surface area contributed by atoms with Crippen LogP contribution < -0.4 is 4.90 Å². The zero-order chi connectivity index (χ0) is 24.5. The molecule has 0 spiro atoms. The van der Waals surface area contributed by atoms with Crippen LogP contribution in [0.15, 0.2) is 67.0 Å². The Bertz CT molecular complexity index is 1350. The van der Waals surface area contributed by atoms with Gasteiger partial charge < -0.3 is 24.4 Å². The van der Waals surface area contributed by atoms with Crippen LogP contribution >= 0.6 is 0 Å². The number of morpholine rings is 1. The van der Waals surface area contributed by atoms with E-state index in [9.17, 15) is 4.79 Å². The first-order valence-electron chi connectivity index (χ1n) is 12.6. The van der Waals surface area contributed by atoms with Crippen LogP contribution in [0.4, 0.5) is 5.69 Å². The molecule has 6 rings (SSSR count). The fraction of sp³-hybridized carbons (Fsp3) is 0.310. The largest absolute Gasteiger partial charge is 0.378 e. The molecular formula is C29H31N5O2. The number of hydrogen-bond acceptors (Lipinski definition) is 5. The Balaban J connectivity index is 1.23. The standard InChI is InChI=1S/C29H31N5O2/c1-32-10-12-33(13-11-32)25-8-6-21(7-9-25)24-18-26-27(20-31-28(26)30-19-24)22-2-4-23(5-3-22)29(35)34-14-16-36-17-15-34/h2-9,18-20H,10-17H2,1H3,(H,30,31). The van der Waals surface area contributed by atoms with E-state index in [2.05, 4.69) is 57.1 Å². The molecule has 0 aliphatic carbocycles. The maximum atomic E-state index is 12.8. The maximum absolute atomic E-state index is 12.8. The number of rotatable bonds is 4. The first-order valence-corrected chi connectivity index (χ1v) is 12.6. The van der Waals surface area contributed by atoms with Gasteiger partial charge in [-0.1, -0.05) is 24.3 Å². The minimum atomic E-state index is 0.0627. The molecule has 2 saturated heterocycles. The number of H-pyrrole nitrogens is 1. The molecule has 1 amide bonds. The molecule has 36 heavy (non-hydrogen) atoms. The van der Waals surface area contributed by atoms with Crippen molar-refractivity contribution in [2.45, 2.75) is 0 Å². The number of pyridine rings is 1. The molecule has 184 valence electrons. The van der Waals surface area contributed by atoms with E-state index >= 15 is 0 Å². The van der Waals surface area contributed by atoms with Gasteiger partial charge in [-0.25, -0.2) is 4.98 Å². The third-order valence-electron chi connectivity index (χ3n) is 7.34. The van der Waals surface area contributed by atoms with Gasteiger partial charge in [-0.3, -0.25) is 4.79 Å². The first kappa shape index (κ1) is 22.8. The number of amides is 1. The highest BCUT2D eigenvalue weighted by atomic mass is 16.5. The van der Waals surface area contributed by atoms with E-state index in [0.29, 0.717) is 31.9 Å².